The molecule has 0 aromatic carbocycles. The summed E-state index contributed by atoms with van der Waals surface area (Å²) in [5.74, 6) is -0.197. The minimum Gasteiger partial charge on any atom is -0.430 e. The fourth-order valence-electron chi connectivity index (χ4n) is 1.48. The first-order valence-corrected chi connectivity index (χ1v) is 5.57. The Morgan fingerprint density at radius 1 is 1.47 bits per heavy atom. The maximum Gasteiger partial charge on any atom is 0.335 e. The zero-order valence-corrected chi connectivity index (χ0v) is 10.0. The lowest BCUT2D eigenvalue weighted by Crippen LogP contribution is -2.38. The summed E-state index contributed by atoms with van der Waals surface area (Å²) in [4.78, 5) is 24.5. The van der Waals surface area contributed by atoms with Gasteiger partial charge in [0.15, 0.2) is 0 Å². The third kappa shape index (κ3) is 3.71. The largest absolute Gasteiger partial charge is 0.430 e. The van der Waals surface area contributed by atoms with Crippen molar-refractivity contribution < 1.29 is 14.3 Å². The van der Waals surface area contributed by atoms with Crippen molar-refractivity contribution in [3.05, 3.63) is 34.4 Å². The van der Waals surface area contributed by atoms with Gasteiger partial charge in [-0.25, -0.2) is 4.79 Å². The summed E-state index contributed by atoms with van der Waals surface area (Å²) in [5.41, 5.74) is -0.135. The van der Waals surface area contributed by atoms with Gasteiger partial charge >= 0.3 is 5.63 Å². The predicted molar refractivity (Wildman–Crippen MR) is 62.9 cm³/mol. The number of carbonyl (C=O) groups is 1. The third-order valence-electron chi connectivity index (χ3n) is 2.39. The van der Waals surface area contributed by atoms with Gasteiger partial charge in [-0.3, -0.25) is 4.79 Å². The van der Waals surface area contributed by atoms with Crippen LogP contribution in [0.5, 0.6) is 0 Å². The standard InChI is InChI=1S/C12H17NO4/c1-9(2)13(6-3-7-14)12(16)10-4-5-11(15)17-8-10/h4-5,8-9,14H,3,6-7H2,1-2H3. The fraction of sp³-hybridized carbons (Fsp3) is 0.500. The fourth-order valence-corrected chi connectivity index (χ4v) is 1.48. The minimum atomic E-state index is -0.479. The van der Waals surface area contributed by atoms with Crippen LogP contribution in [0.15, 0.2) is 27.6 Å². The third-order valence-corrected chi connectivity index (χ3v) is 2.39. The van der Waals surface area contributed by atoms with E-state index in [4.69, 9.17) is 5.11 Å². The van der Waals surface area contributed by atoms with Gasteiger partial charge < -0.3 is 14.4 Å². The summed E-state index contributed by atoms with van der Waals surface area (Å²) in [5, 5.41) is 8.79. The topological polar surface area (TPSA) is 70.8 Å². The first kappa shape index (κ1) is 13.4. The van der Waals surface area contributed by atoms with Crippen LogP contribution in [0.4, 0.5) is 0 Å². The average Bonchev–Trinajstić information content (AvgIpc) is 2.29. The highest BCUT2D eigenvalue weighted by Gasteiger charge is 2.18. The molecule has 0 radical (unpaired) electrons. The van der Waals surface area contributed by atoms with E-state index in [2.05, 4.69) is 4.42 Å². The lowest BCUT2D eigenvalue weighted by atomic mass is 10.2. The Morgan fingerprint density at radius 2 is 2.18 bits per heavy atom. The second kappa shape index (κ2) is 6.20. The van der Waals surface area contributed by atoms with Gasteiger partial charge in [0, 0.05) is 25.3 Å². The van der Waals surface area contributed by atoms with Crippen LogP contribution < -0.4 is 5.63 Å². The van der Waals surface area contributed by atoms with E-state index in [0.29, 0.717) is 18.5 Å². The van der Waals surface area contributed by atoms with Crippen LogP contribution in [0, 0.1) is 0 Å². The van der Waals surface area contributed by atoms with Crippen molar-refractivity contribution in [2.45, 2.75) is 26.3 Å². The van der Waals surface area contributed by atoms with Crippen molar-refractivity contribution in [1.29, 1.82) is 0 Å². The molecule has 0 saturated heterocycles. The number of nitrogens with zero attached hydrogens (tertiary/aromatic N) is 1. The molecule has 0 fully saturated rings. The summed E-state index contributed by atoms with van der Waals surface area (Å²) in [6.45, 7) is 4.31. The van der Waals surface area contributed by atoms with Crippen LogP contribution in [-0.2, 0) is 0 Å². The van der Waals surface area contributed by atoms with Gasteiger partial charge in [-0.05, 0) is 26.3 Å². The molecule has 1 aromatic rings. The van der Waals surface area contributed by atoms with Crippen LogP contribution in [0.25, 0.3) is 0 Å². The van der Waals surface area contributed by atoms with Crippen molar-refractivity contribution in [3.8, 4) is 0 Å². The van der Waals surface area contributed by atoms with Crippen molar-refractivity contribution in [2.75, 3.05) is 13.2 Å². The Hall–Kier alpha value is -1.62. The molecule has 0 atom stereocenters. The first-order valence-electron chi connectivity index (χ1n) is 5.57. The number of aliphatic hydroxyl groups excluding tert-OH is 1. The molecular formula is C12H17NO4. The SMILES string of the molecule is CC(C)N(CCCO)C(=O)c1ccc(=O)oc1. The lowest BCUT2D eigenvalue weighted by molar-refractivity contribution is 0.0690. The monoisotopic (exact) mass is 239 g/mol. The number of rotatable bonds is 5. The van der Waals surface area contributed by atoms with E-state index in [-0.39, 0.29) is 18.6 Å². The van der Waals surface area contributed by atoms with E-state index in [0.717, 1.165) is 0 Å². The normalized spacial score (nSPS) is 10.6. The molecule has 0 aliphatic heterocycles. The Morgan fingerprint density at radius 3 is 2.65 bits per heavy atom. The highest BCUT2D eigenvalue weighted by molar-refractivity contribution is 5.93. The number of carbonyl (C=O) groups excluding carboxylic acids is 1. The van der Waals surface area contributed by atoms with Gasteiger partial charge in [-0.1, -0.05) is 0 Å². The Labute approximate surface area is 99.7 Å². The molecule has 94 valence electrons. The van der Waals surface area contributed by atoms with Crippen molar-refractivity contribution in [2.24, 2.45) is 0 Å². The number of hydrogen-bond donors (Lipinski definition) is 1. The van der Waals surface area contributed by atoms with E-state index in [1.54, 1.807) is 4.90 Å². The van der Waals surface area contributed by atoms with E-state index in [1.165, 1.54) is 18.4 Å². The first-order chi connectivity index (χ1) is 8.06. The molecule has 0 bridgehead atoms. The Kier molecular flexibility index (Phi) is 4.90. The second-order valence-electron chi connectivity index (χ2n) is 4.01. The average molecular weight is 239 g/mol. The summed E-state index contributed by atoms with van der Waals surface area (Å²) in [6, 6.07) is 2.70. The van der Waals surface area contributed by atoms with Gasteiger partial charge in [0.25, 0.3) is 5.91 Å². The van der Waals surface area contributed by atoms with E-state index < -0.39 is 5.63 Å². The van der Waals surface area contributed by atoms with Crippen molar-refractivity contribution in [1.82, 2.24) is 4.90 Å². The molecule has 0 aliphatic carbocycles. The lowest BCUT2D eigenvalue weighted by Gasteiger charge is -2.26. The highest BCUT2D eigenvalue weighted by atomic mass is 16.4. The zero-order chi connectivity index (χ0) is 12.8. The molecule has 17 heavy (non-hydrogen) atoms. The van der Waals surface area contributed by atoms with Crippen LogP contribution in [0.3, 0.4) is 0 Å². The van der Waals surface area contributed by atoms with Gasteiger partial charge in [-0.15, -0.1) is 0 Å². The van der Waals surface area contributed by atoms with Gasteiger partial charge in [0.2, 0.25) is 0 Å². The minimum absolute atomic E-state index is 0.0287. The molecule has 5 heteroatoms. The van der Waals surface area contributed by atoms with Gasteiger partial charge in [0.05, 0.1) is 5.56 Å². The smallest absolute Gasteiger partial charge is 0.335 e. The van der Waals surface area contributed by atoms with Crippen molar-refractivity contribution in [3.63, 3.8) is 0 Å². The number of aliphatic hydroxyl groups is 1. The van der Waals surface area contributed by atoms with Crippen molar-refractivity contribution >= 4 is 5.91 Å². The number of amides is 1. The zero-order valence-electron chi connectivity index (χ0n) is 10.0. The van der Waals surface area contributed by atoms with E-state index in [9.17, 15) is 9.59 Å². The van der Waals surface area contributed by atoms with E-state index in [1.807, 2.05) is 13.8 Å². The molecule has 1 rings (SSSR count). The molecule has 1 aromatic heterocycles. The van der Waals surface area contributed by atoms with E-state index >= 15 is 0 Å². The predicted octanol–water partition coefficient (Wildman–Crippen LogP) is 0.873. The van der Waals surface area contributed by atoms with Crippen LogP contribution in [-0.4, -0.2) is 35.1 Å². The molecule has 1 N–H and O–H groups in total. The molecule has 0 spiro atoms. The quantitative estimate of drug-likeness (QED) is 0.827. The van der Waals surface area contributed by atoms with Crippen LogP contribution in [0.1, 0.15) is 30.6 Å². The maximum absolute atomic E-state index is 12.1. The van der Waals surface area contributed by atoms with Crippen LogP contribution >= 0.6 is 0 Å². The molecule has 1 amide bonds. The molecule has 0 saturated carbocycles. The highest BCUT2D eigenvalue weighted by Crippen LogP contribution is 2.07. The second-order valence-corrected chi connectivity index (χ2v) is 4.01. The maximum atomic E-state index is 12.1. The van der Waals surface area contributed by atoms with Gasteiger partial charge in [0.1, 0.15) is 6.26 Å². The van der Waals surface area contributed by atoms with Gasteiger partial charge in [-0.2, -0.15) is 0 Å². The summed E-state index contributed by atoms with van der Waals surface area (Å²) in [7, 11) is 0. The summed E-state index contributed by atoms with van der Waals surface area (Å²) < 4.78 is 4.66. The Balaban J connectivity index is 2.83. The molecule has 0 unspecified atom stereocenters. The number of hydrogen-bond acceptors (Lipinski definition) is 4. The Bertz CT molecular complexity index is 404. The molecule has 0 aliphatic rings. The molecular weight excluding hydrogens is 222 g/mol. The summed E-state index contributed by atoms with van der Waals surface area (Å²) in [6.07, 6.45) is 1.69. The van der Waals surface area contributed by atoms with Crippen LogP contribution in [0.2, 0.25) is 0 Å². The summed E-state index contributed by atoms with van der Waals surface area (Å²) >= 11 is 0. The molecule has 5 nitrogen and oxygen atoms in total. The molecule has 1 heterocycles.